The molecule has 1 aromatic heterocycles. The van der Waals surface area contributed by atoms with E-state index in [-0.39, 0.29) is 24.4 Å². The van der Waals surface area contributed by atoms with Crippen LogP contribution in [-0.4, -0.2) is 10.9 Å². The first-order valence-electron chi connectivity index (χ1n) is 8.78. The van der Waals surface area contributed by atoms with Gasteiger partial charge in [0.25, 0.3) is 5.91 Å². The van der Waals surface area contributed by atoms with E-state index >= 15 is 0 Å². The molecule has 3 nitrogen and oxygen atoms in total. The first-order valence-corrected chi connectivity index (χ1v) is 8.78. The zero-order valence-electron chi connectivity index (χ0n) is 15.3. The maximum atomic E-state index is 13.3. The van der Waals surface area contributed by atoms with E-state index in [0.29, 0.717) is 16.8 Å². The summed E-state index contributed by atoms with van der Waals surface area (Å²) >= 11 is 0. The van der Waals surface area contributed by atoms with Gasteiger partial charge in [-0.05, 0) is 54.3 Å². The lowest BCUT2D eigenvalue weighted by atomic mass is 9.92. The molecule has 0 bridgehead atoms. The van der Waals surface area contributed by atoms with Gasteiger partial charge in [0.2, 0.25) is 0 Å². The summed E-state index contributed by atoms with van der Waals surface area (Å²) in [7, 11) is 0. The van der Waals surface area contributed by atoms with E-state index in [4.69, 9.17) is 0 Å². The van der Waals surface area contributed by atoms with Gasteiger partial charge in [-0.2, -0.15) is 13.2 Å². The van der Waals surface area contributed by atoms with Crippen LogP contribution in [0.5, 0.6) is 0 Å². The van der Waals surface area contributed by atoms with Crippen molar-refractivity contribution >= 4 is 5.91 Å². The average molecular weight is 384 g/mol. The van der Waals surface area contributed by atoms with Crippen LogP contribution in [0.4, 0.5) is 13.2 Å². The van der Waals surface area contributed by atoms with Gasteiger partial charge in [-0.25, -0.2) is 0 Å². The highest BCUT2D eigenvalue weighted by Crippen LogP contribution is 2.33. The van der Waals surface area contributed by atoms with Crippen LogP contribution in [0.3, 0.4) is 0 Å². The number of aromatic nitrogens is 1. The molecule has 0 aliphatic heterocycles. The van der Waals surface area contributed by atoms with Crippen molar-refractivity contribution in [3.05, 3.63) is 100 Å². The summed E-state index contributed by atoms with van der Waals surface area (Å²) in [5.41, 5.74) is 1.88. The summed E-state index contributed by atoms with van der Waals surface area (Å²) in [5.74, 6) is -0.339. The molecule has 0 unspecified atom stereocenters. The second-order valence-electron chi connectivity index (χ2n) is 6.44. The Morgan fingerprint density at radius 3 is 2.46 bits per heavy atom. The van der Waals surface area contributed by atoms with Crippen molar-refractivity contribution in [1.29, 1.82) is 0 Å². The molecule has 3 aromatic rings. The molecule has 0 aliphatic rings. The molecule has 28 heavy (non-hydrogen) atoms. The van der Waals surface area contributed by atoms with Crippen molar-refractivity contribution in [2.45, 2.75) is 26.1 Å². The van der Waals surface area contributed by atoms with E-state index in [1.54, 1.807) is 49.5 Å². The molecule has 2 aromatic carbocycles. The molecular formula is C22H19F3N2O. The number of benzene rings is 2. The number of aryl methyl sites for hydroxylation is 1. The highest BCUT2D eigenvalue weighted by Gasteiger charge is 2.33. The average Bonchev–Trinajstić information content (AvgIpc) is 2.68. The largest absolute Gasteiger partial charge is 0.416 e. The van der Waals surface area contributed by atoms with Gasteiger partial charge in [0.05, 0.1) is 17.8 Å². The lowest BCUT2D eigenvalue weighted by Gasteiger charge is -2.16. The second-order valence-corrected chi connectivity index (χ2v) is 6.44. The van der Waals surface area contributed by atoms with Crippen molar-refractivity contribution < 1.29 is 18.0 Å². The van der Waals surface area contributed by atoms with Crippen molar-refractivity contribution in [1.82, 2.24) is 10.3 Å². The number of pyridine rings is 1. The third kappa shape index (κ3) is 4.57. The molecule has 0 saturated heterocycles. The summed E-state index contributed by atoms with van der Waals surface area (Å²) in [5, 5.41) is 2.79. The number of rotatable bonds is 5. The minimum absolute atomic E-state index is 0.0225. The zero-order chi connectivity index (χ0) is 20.1. The second kappa shape index (κ2) is 8.25. The number of nitrogens with one attached hydrogen (secondary N) is 1. The van der Waals surface area contributed by atoms with Crippen molar-refractivity contribution in [3.63, 3.8) is 0 Å². The van der Waals surface area contributed by atoms with Gasteiger partial charge in [-0.15, -0.1) is 0 Å². The summed E-state index contributed by atoms with van der Waals surface area (Å²) in [6, 6.07) is 16.0. The SMILES string of the molecule is Cc1cccc(C(=O)NCc2ccccn2)c1Cc1ccccc1C(F)(F)F. The van der Waals surface area contributed by atoms with E-state index in [2.05, 4.69) is 10.3 Å². The Kier molecular flexibility index (Phi) is 5.78. The molecular weight excluding hydrogens is 365 g/mol. The molecule has 1 amide bonds. The number of hydrogen-bond acceptors (Lipinski definition) is 2. The Labute approximate surface area is 161 Å². The van der Waals surface area contributed by atoms with Gasteiger partial charge >= 0.3 is 6.18 Å². The number of alkyl halides is 3. The molecule has 0 fully saturated rings. The zero-order valence-corrected chi connectivity index (χ0v) is 15.3. The maximum absolute atomic E-state index is 13.3. The minimum atomic E-state index is -4.44. The molecule has 6 heteroatoms. The third-order valence-corrected chi connectivity index (χ3v) is 4.50. The Morgan fingerprint density at radius 1 is 1.00 bits per heavy atom. The summed E-state index contributed by atoms with van der Waals surface area (Å²) in [6.45, 7) is 2.03. The number of halogens is 3. The standard InChI is InChI=1S/C22H19F3N2O/c1-15-7-6-10-18(21(28)27-14-17-9-4-5-12-26-17)19(15)13-16-8-2-3-11-20(16)22(23,24)25/h2-12H,13-14H2,1H3,(H,27,28). The monoisotopic (exact) mass is 384 g/mol. The summed E-state index contributed by atoms with van der Waals surface area (Å²) in [6.07, 6.45) is -2.79. The first kappa shape index (κ1) is 19.6. The van der Waals surface area contributed by atoms with Gasteiger partial charge < -0.3 is 5.32 Å². The predicted molar refractivity (Wildman–Crippen MR) is 101 cm³/mol. The Morgan fingerprint density at radius 2 is 1.75 bits per heavy atom. The van der Waals surface area contributed by atoms with Crippen molar-refractivity contribution in [2.75, 3.05) is 0 Å². The highest BCUT2D eigenvalue weighted by atomic mass is 19.4. The Balaban J connectivity index is 1.88. The lowest BCUT2D eigenvalue weighted by molar-refractivity contribution is -0.138. The number of nitrogens with zero attached hydrogens (tertiary/aromatic N) is 1. The fourth-order valence-corrected chi connectivity index (χ4v) is 3.06. The first-order chi connectivity index (χ1) is 13.4. The third-order valence-electron chi connectivity index (χ3n) is 4.50. The molecule has 1 N–H and O–H groups in total. The number of carbonyl (C=O) groups excluding carboxylic acids is 1. The predicted octanol–water partition coefficient (Wildman–Crippen LogP) is 4.93. The minimum Gasteiger partial charge on any atom is -0.346 e. The molecule has 0 radical (unpaired) electrons. The van der Waals surface area contributed by atoms with Crippen LogP contribution in [0.1, 0.15) is 38.3 Å². The normalized spacial score (nSPS) is 11.3. The van der Waals surface area contributed by atoms with Crippen molar-refractivity contribution in [3.8, 4) is 0 Å². The number of carbonyl (C=O) groups is 1. The quantitative estimate of drug-likeness (QED) is 0.678. The van der Waals surface area contributed by atoms with Crippen LogP contribution >= 0.6 is 0 Å². The van der Waals surface area contributed by atoms with Gasteiger partial charge in [-0.1, -0.05) is 36.4 Å². The highest BCUT2D eigenvalue weighted by molar-refractivity contribution is 5.96. The van der Waals surface area contributed by atoms with E-state index in [0.717, 1.165) is 11.6 Å². The van der Waals surface area contributed by atoms with Crippen LogP contribution in [-0.2, 0) is 19.1 Å². The van der Waals surface area contributed by atoms with Crippen LogP contribution in [0, 0.1) is 6.92 Å². The van der Waals surface area contributed by atoms with E-state index in [1.807, 2.05) is 6.07 Å². The summed E-state index contributed by atoms with van der Waals surface area (Å²) < 4.78 is 40.0. The van der Waals surface area contributed by atoms with Crippen LogP contribution in [0.25, 0.3) is 0 Å². The molecule has 0 spiro atoms. The van der Waals surface area contributed by atoms with Gasteiger partial charge in [0, 0.05) is 11.8 Å². The van der Waals surface area contributed by atoms with Crippen LogP contribution < -0.4 is 5.32 Å². The smallest absolute Gasteiger partial charge is 0.346 e. The molecule has 3 rings (SSSR count). The fourth-order valence-electron chi connectivity index (χ4n) is 3.06. The van der Waals surface area contributed by atoms with Crippen molar-refractivity contribution in [2.24, 2.45) is 0 Å². The lowest BCUT2D eigenvalue weighted by Crippen LogP contribution is -2.25. The maximum Gasteiger partial charge on any atom is 0.416 e. The number of amides is 1. The van der Waals surface area contributed by atoms with E-state index in [1.165, 1.54) is 12.1 Å². The molecule has 0 saturated carbocycles. The topological polar surface area (TPSA) is 42.0 Å². The molecule has 144 valence electrons. The molecule has 0 atom stereocenters. The van der Waals surface area contributed by atoms with Gasteiger partial charge in [0.15, 0.2) is 0 Å². The van der Waals surface area contributed by atoms with E-state index < -0.39 is 11.7 Å². The van der Waals surface area contributed by atoms with Gasteiger partial charge in [-0.3, -0.25) is 9.78 Å². The summed E-state index contributed by atoms with van der Waals surface area (Å²) in [4.78, 5) is 16.9. The number of hydrogen-bond donors (Lipinski definition) is 1. The van der Waals surface area contributed by atoms with Crippen LogP contribution in [0.2, 0.25) is 0 Å². The van der Waals surface area contributed by atoms with Gasteiger partial charge in [0.1, 0.15) is 0 Å². The molecule has 1 heterocycles. The van der Waals surface area contributed by atoms with Crippen LogP contribution in [0.15, 0.2) is 66.9 Å². The van der Waals surface area contributed by atoms with E-state index in [9.17, 15) is 18.0 Å². The Bertz CT molecular complexity index is 969. The fraction of sp³-hybridized carbons (Fsp3) is 0.182. The Hall–Kier alpha value is -3.15. The molecule has 0 aliphatic carbocycles.